The Morgan fingerprint density at radius 1 is 1.42 bits per heavy atom. The summed E-state index contributed by atoms with van der Waals surface area (Å²) in [4.78, 5) is 22.0. The Hall–Kier alpha value is -2.18. The third kappa shape index (κ3) is 2.52. The Bertz CT molecular complexity index is 951. The highest BCUT2D eigenvalue weighted by molar-refractivity contribution is 6.01. The molecule has 126 valence electrons. The maximum absolute atomic E-state index is 12.4. The molecule has 0 aliphatic carbocycles. The van der Waals surface area contributed by atoms with Gasteiger partial charge in [0, 0.05) is 11.4 Å². The number of fused-ring (bicyclic) bond motifs is 3. The topological polar surface area (TPSA) is 82.4 Å². The van der Waals surface area contributed by atoms with Gasteiger partial charge in [-0.15, -0.1) is 0 Å². The van der Waals surface area contributed by atoms with Crippen LogP contribution in [0.15, 0.2) is 33.5 Å². The Morgan fingerprint density at radius 3 is 3.00 bits per heavy atom. The van der Waals surface area contributed by atoms with Crippen molar-refractivity contribution in [3.8, 4) is 0 Å². The van der Waals surface area contributed by atoms with Gasteiger partial charge in [-0.2, -0.15) is 0 Å². The van der Waals surface area contributed by atoms with E-state index < -0.39 is 5.60 Å². The van der Waals surface area contributed by atoms with E-state index in [1.165, 1.54) is 0 Å². The van der Waals surface area contributed by atoms with Gasteiger partial charge in [-0.25, -0.2) is 4.98 Å². The molecular formula is C18H21N3O3. The van der Waals surface area contributed by atoms with Crippen molar-refractivity contribution in [1.29, 1.82) is 0 Å². The molecular weight excluding hydrogens is 306 g/mol. The number of H-pyrrole nitrogens is 1. The van der Waals surface area contributed by atoms with E-state index in [9.17, 15) is 9.90 Å². The number of nitrogens with one attached hydrogen (secondary N) is 1. The maximum atomic E-state index is 12.4. The van der Waals surface area contributed by atoms with Gasteiger partial charge >= 0.3 is 0 Å². The summed E-state index contributed by atoms with van der Waals surface area (Å²) in [6.07, 6.45) is 1.99. The average molecular weight is 327 g/mol. The van der Waals surface area contributed by atoms with Gasteiger partial charge in [-0.3, -0.25) is 9.69 Å². The first-order chi connectivity index (χ1) is 11.4. The van der Waals surface area contributed by atoms with Crippen molar-refractivity contribution in [1.82, 2.24) is 14.9 Å². The summed E-state index contributed by atoms with van der Waals surface area (Å²) in [5.74, 6) is 0.607. The zero-order valence-electron chi connectivity index (χ0n) is 13.9. The predicted molar refractivity (Wildman–Crippen MR) is 91.9 cm³/mol. The fourth-order valence-electron chi connectivity index (χ4n) is 3.73. The highest BCUT2D eigenvalue weighted by atomic mass is 16.3. The van der Waals surface area contributed by atoms with Crippen LogP contribution < -0.4 is 5.56 Å². The van der Waals surface area contributed by atoms with Crippen LogP contribution in [0.1, 0.15) is 32.5 Å². The molecule has 3 aromatic rings. The van der Waals surface area contributed by atoms with Crippen LogP contribution >= 0.6 is 0 Å². The van der Waals surface area contributed by atoms with Crippen molar-refractivity contribution in [3.63, 3.8) is 0 Å². The number of aliphatic hydroxyl groups is 1. The molecule has 4 rings (SSSR count). The molecule has 1 aliphatic rings. The second-order valence-corrected chi connectivity index (χ2v) is 7.07. The van der Waals surface area contributed by atoms with Crippen molar-refractivity contribution < 1.29 is 9.52 Å². The minimum absolute atomic E-state index is 0.0691. The standard InChI is InChI=1S/C18H21N3O3/c1-18(2,23)13-8-5-9-21(13)10-14-19-15-11-6-3-4-7-12(11)24-16(15)17(22)20-14/h3-4,6-7,13,23H,5,8-10H2,1-2H3,(H,19,20,22). The lowest BCUT2D eigenvalue weighted by molar-refractivity contribution is -0.00573. The second kappa shape index (κ2) is 5.43. The molecule has 1 fully saturated rings. The molecule has 3 heterocycles. The lowest BCUT2D eigenvalue weighted by Crippen LogP contribution is -2.45. The van der Waals surface area contributed by atoms with Crippen LogP contribution in [-0.4, -0.2) is 38.2 Å². The number of benzene rings is 1. The highest BCUT2D eigenvalue weighted by Crippen LogP contribution is 2.28. The van der Waals surface area contributed by atoms with Gasteiger partial charge in [0.1, 0.15) is 16.9 Å². The zero-order valence-corrected chi connectivity index (χ0v) is 13.9. The smallest absolute Gasteiger partial charge is 0.294 e. The minimum atomic E-state index is -0.775. The molecule has 0 spiro atoms. The number of aromatic nitrogens is 2. The van der Waals surface area contributed by atoms with Crippen molar-refractivity contribution in [3.05, 3.63) is 40.4 Å². The lowest BCUT2D eigenvalue weighted by atomic mass is 9.97. The highest BCUT2D eigenvalue weighted by Gasteiger charge is 2.36. The summed E-state index contributed by atoms with van der Waals surface area (Å²) in [7, 11) is 0. The number of rotatable bonds is 3. The van der Waals surface area contributed by atoms with Crippen molar-refractivity contribution in [2.45, 2.75) is 44.9 Å². The number of hydrogen-bond acceptors (Lipinski definition) is 5. The van der Waals surface area contributed by atoms with Crippen LogP contribution in [0.4, 0.5) is 0 Å². The van der Waals surface area contributed by atoms with Crippen LogP contribution in [0.2, 0.25) is 0 Å². The number of nitrogens with zero attached hydrogens (tertiary/aromatic N) is 2. The molecule has 2 N–H and O–H groups in total. The summed E-state index contributed by atoms with van der Waals surface area (Å²) in [6.45, 7) is 5.07. The Balaban J connectivity index is 1.75. The number of furan rings is 1. The van der Waals surface area contributed by atoms with Crippen LogP contribution in [0.3, 0.4) is 0 Å². The van der Waals surface area contributed by atoms with E-state index in [1.807, 2.05) is 38.1 Å². The van der Waals surface area contributed by atoms with Gasteiger partial charge in [0.15, 0.2) is 0 Å². The maximum Gasteiger partial charge on any atom is 0.294 e. The number of para-hydroxylation sites is 1. The van der Waals surface area contributed by atoms with E-state index in [0.717, 1.165) is 24.8 Å². The monoisotopic (exact) mass is 327 g/mol. The Kier molecular flexibility index (Phi) is 3.47. The van der Waals surface area contributed by atoms with Crippen LogP contribution in [-0.2, 0) is 6.54 Å². The number of aromatic amines is 1. The molecule has 6 nitrogen and oxygen atoms in total. The van der Waals surface area contributed by atoms with Crippen LogP contribution in [0.5, 0.6) is 0 Å². The average Bonchev–Trinajstić information content (AvgIpc) is 3.12. The van der Waals surface area contributed by atoms with E-state index in [0.29, 0.717) is 23.5 Å². The van der Waals surface area contributed by atoms with Gasteiger partial charge in [0.25, 0.3) is 5.56 Å². The van der Waals surface area contributed by atoms with E-state index in [2.05, 4.69) is 14.9 Å². The lowest BCUT2D eigenvalue weighted by Gasteiger charge is -2.33. The van der Waals surface area contributed by atoms with Gasteiger partial charge in [0.05, 0.1) is 12.1 Å². The normalized spacial score (nSPS) is 19.5. The van der Waals surface area contributed by atoms with Crippen LogP contribution in [0, 0.1) is 0 Å². The van der Waals surface area contributed by atoms with Crippen LogP contribution in [0.25, 0.3) is 22.1 Å². The third-order valence-electron chi connectivity index (χ3n) is 4.81. The first-order valence-electron chi connectivity index (χ1n) is 8.30. The largest absolute Gasteiger partial charge is 0.449 e. The molecule has 1 saturated heterocycles. The molecule has 0 amide bonds. The van der Waals surface area contributed by atoms with E-state index >= 15 is 0 Å². The molecule has 6 heteroatoms. The molecule has 1 unspecified atom stereocenters. The van der Waals surface area contributed by atoms with Gasteiger partial charge < -0.3 is 14.5 Å². The SMILES string of the molecule is CC(C)(O)C1CCCN1Cc1nc2c(oc3ccccc32)c(=O)[nH]1. The molecule has 0 radical (unpaired) electrons. The van der Waals surface area contributed by atoms with E-state index in [1.54, 1.807) is 0 Å². The molecule has 0 bridgehead atoms. The van der Waals surface area contributed by atoms with Crippen molar-refractivity contribution >= 4 is 22.1 Å². The second-order valence-electron chi connectivity index (χ2n) is 7.07. The zero-order chi connectivity index (χ0) is 16.9. The fraction of sp³-hybridized carbons (Fsp3) is 0.444. The van der Waals surface area contributed by atoms with Crippen molar-refractivity contribution in [2.75, 3.05) is 6.54 Å². The number of hydrogen-bond donors (Lipinski definition) is 2. The summed E-state index contributed by atoms with van der Waals surface area (Å²) in [5.41, 5.74) is 0.496. The first kappa shape index (κ1) is 15.4. The predicted octanol–water partition coefficient (Wildman–Crippen LogP) is 2.40. The van der Waals surface area contributed by atoms with Gasteiger partial charge in [-0.05, 0) is 45.4 Å². The van der Waals surface area contributed by atoms with Gasteiger partial charge in [-0.1, -0.05) is 12.1 Å². The summed E-state index contributed by atoms with van der Waals surface area (Å²) >= 11 is 0. The number of likely N-dealkylation sites (tertiary alicyclic amines) is 1. The third-order valence-corrected chi connectivity index (χ3v) is 4.81. The molecule has 1 aromatic carbocycles. The van der Waals surface area contributed by atoms with Crippen molar-refractivity contribution in [2.24, 2.45) is 0 Å². The fourth-order valence-corrected chi connectivity index (χ4v) is 3.73. The van der Waals surface area contributed by atoms with E-state index in [4.69, 9.17) is 4.42 Å². The Morgan fingerprint density at radius 2 is 2.21 bits per heavy atom. The molecule has 24 heavy (non-hydrogen) atoms. The quantitative estimate of drug-likeness (QED) is 0.772. The van der Waals surface area contributed by atoms with Gasteiger partial charge in [0.2, 0.25) is 5.58 Å². The molecule has 1 aliphatic heterocycles. The molecule has 1 atom stereocenters. The summed E-state index contributed by atoms with van der Waals surface area (Å²) in [5, 5.41) is 11.2. The molecule has 0 saturated carbocycles. The summed E-state index contributed by atoms with van der Waals surface area (Å²) in [6, 6.07) is 7.59. The van der Waals surface area contributed by atoms with E-state index in [-0.39, 0.29) is 17.2 Å². The Labute approximate surface area is 139 Å². The first-order valence-corrected chi connectivity index (χ1v) is 8.30. The summed E-state index contributed by atoms with van der Waals surface area (Å²) < 4.78 is 5.62. The minimum Gasteiger partial charge on any atom is -0.449 e. The molecule has 2 aromatic heterocycles.